The number of methoxy groups -OCH3 is 1. The van der Waals surface area contributed by atoms with E-state index in [0.717, 1.165) is 17.6 Å². The fraction of sp³-hybridized carbons (Fsp3) is 0.462. The molecule has 8 heteroatoms. The van der Waals surface area contributed by atoms with Crippen molar-refractivity contribution in [2.24, 2.45) is 0 Å². The summed E-state index contributed by atoms with van der Waals surface area (Å²) >= 11 is 0. The van der Waals surface area contributed by atoms with Crippen molar-refractivity contribution in [1.29, 1.82) is 0 Å². The van der Waals surface area contributed by atoms with Crippen LogP contribution in [0.5, 0.6) is 0 Å². The Bertz CT molecular complexity index is 1100. The van der Waals surface area contributed by atoms with E-state index in [0.29, 0.717) is 28.7 Å². The summed E-state index contributed by atoms with van der Waals surface area (Å²) in [4.78, 5) is 25.0. The molecule has 0 amide bonds. The lowest BCUT2D eigenvalue weighted by atomic mass is 9.87. The minimum atomic E-state index is -3.87. The zero-order valence-electron chi connectivity index (χ0n) is 20.8. The van der Waals surface area contributed by atoms with Crippen LogP contribution in [0, 0.1) is 6.92 Å². The van der Waals surface area contributed by atoms with Crippen molar-refractivity contribution in [1.82, 2.24) is 4.31 Å². The highest BCUT2D eigenvalue weighted by Gasteiger charge is 2.33. The predicted molar refractivity (Wildman–Crippen MR) is 132 cm³/mol. The third-order valence-corrected chi connectivity index (χ3v) is 7.47. The number of ether oxygens (including phenoxy) is 2. The van der Waals surface area contributed by atoms with Gasteiger partial charge in [-0.3, -0.25) is 9.59 Å². The molecule has 0 N–H and O–H groups in total. The van der Waals surface area contributed by atoms with Gasteiger partial charge in [-0.1, -0.05) is 48.8 Å². The minimum Gasteiger partial charge on any atom is -0.469 e. The van der Waals surface area contributed by atoms with Gasteiger partial charge in [-0.2, -0.15) is 4.31 Å². The smallest absolute Gasteiger partial charge is 0.309 e. The third-order valence-electron chi connectivity index (χ3n) is 5.67. The molecule has 0 fully saturated rings. The largest absolute Gasteiger partial charge is 0.469 e. The molecule has 0 atom stereocenters. The maximum absolute atomic E-state index is 13.7. The molecule has 34 heavy (non-hydrogen) atoms. The Morgan fingerprint density at radius 1 is 1.03 bits per heavy atom. The van der Waals surface area contributed by atoms with Gasteiger partial charge in [-0.25, -0.2) is 8.42 Å². The molecule has 7 nitrogen and oxygen atoms in total. The minimum absolute atomic E-state index is 0.00486. The van der Waals surface area contributed by atoms with Gasteiger partial charge in [0, 0.05) is 13.1 Å². The van der Waals surface area contributed by atoms with E-state index < -0.39 is 22.0 Å². The summed E-state index contributed by atoms with van der Waals surface area (Å²) in [5, 5.41) is 0. The summed E-state index contributed by atoms with van der Waals surface area (Å²) in [5.74, 6) is -0.895. The van der Waals surface area contributed by atoms with Crippen LogP contribution in [0.3, 0.4) is 0 Å². The number of hydrogen-bond donors (Lipinski definition) is 0. The first-order chi connectivity index (χ1) is 16.0. The van der Waals surface area contributed by atoms with Crippen LogP contribution in [-0.4, -0.2) is 51.5 Å². The van der Waals surface area contributed by atoms with Crippen LogP contribution in [0.2, 0.25) is 0 Å². The average Bonchev–Trinajstić information content (AvgIpc) is 2.91. The molecule has 1 heterocycles. The van der Waals surface area contributed by atoms with Gasteiger partial charge >= 0.3 is 11.9 Å². The number of benzene rings is 1. The molecule has 0 spiro atoms. The van der Waals surface area contributed by atoms with Gasteiger partial charge in [-0.05, 0) is 56.0 Å². The summed E-state index contributed by atoms with van der Waals surface area (Å²) < 4.78 is 38.8. The molecule has 186 valence electrons. The molecule has 0 saturated carbocycles. The number of esters is 2. The van der Waals surface area contributed by atoms with Crippen molar-refractivity contribution in [2.75, 3.05) is 26.8 Å². The maximum Gasteiger partial charge on any atom is 0.309 e. The number of rotatable bonds is 10. The number of sulfonamides is 1. The molecule has 1 aliphatic heterocycles. The molecule has 0 unspecified atom stereocenters. The molecular weight excluding hydrogens is 454 g/mol. The summed E-state index contributed by atoms with van der Waals surface area (Å²) in [6.45, 7) is 11.8. The van der Waals surface area contributed by atoms with E-state index in [1.54, 1.807) is 38.1 Å². The molecule has 2 rings (SSSR count). The summed E-state index contributed by atoms with van der Waals surface area (Å²) in [5.41, 5.74) is 4.33. The first-order valence-electron chi connectivity index (χ1n) is 11.4. The lowest BCUT2D eigenvalue weighted by Crippen LogP contribution is -2.34. The fourth-order valence-corrected chi connectivity index (χ4v) is 5.56. The lowest BCUT2D eigenvalue weighted by molar-refractivity contribution is -0.142. The number of carbonyl (C=O) groups is 2. The van der Waals surface area contributed by atoms with Crippen molar-refractivity contribution in [3.05, 3.63) is 64.3 Å². The van der Waals surface area contributed by atoms with E-state index in [1.807, 2.05) is 13.8 Å². The van der Waals surface area contributed by atoms with Crippen molar-refractivity contribution >= 4 is 22.0 Å². The highest BCUT2D eigenvalue weighted by Crippen LogP contribution is 2.36. The van der Waals surface area contributed by atoms with Crippen LogP contribution < -0.4 is 0 Å². The fourth-order valence-electron chi connectivity index (χ4n) is 4.13. The van der Waals surface area contributed by atoms with Gasteiger partial charge in [0.2, 0.25) is 10.0 Å². The van der Waals surface area contributed by atoms with Crippen molar-refractivity contribution in [3.63, 3.8) is 0 Å². The second kappa shape index (κ2) is 12.1. The van der Waals surface area contributed by atoms with Crippen LogP contribution in [0.25, 0.3) is 0 Å². The van der Waals surface area contributed by atoms with Crippen LogP contribution in [0.15, 0.2) is 63.6 Å². The monoisotopic (exact) mass is 489 g/mol. The summed E-state index contributed by atoms with van der Waals surface area (Å²) in [6, 6.07) is 6.68. The quantitative estimate of drug-likeness (QED) is 0.450. The van der Waals surface area contributed by atoms with Crippen LogP contribution in [0.4, 0.5) is 0 Å². The Balaban J connectivity index is 2.74. The zero-order chi connectivity index (χ0) is 25.5. The third kappa shape index (κ3) is 6.67. The molecule has 0 radical (unpaired) electrons. The Morgan fingerprint density at radius 3 is 2.18 bits per heavy atom. The van der Waals surface area contributed by atoms with E-state index >= 15 is 0 Å². The van der Waals surface area contributed by atoms with E-state index in [1.165, 1.54) is 11.4 Å². The van der Waals surface area contributed by atoms with Gasteiger partial charge in [-0.15, -0.1) is 0 Å². The first kappa shape index (κ1) is 27.5. The average molecular weight is 490 g/mol. The number of aryl methyl sites for hydroxylation is 1. The molecule has 1 aromatic rings. The number of allylic oxidation sites excluding steroid dienone is 2. The second-order valence-electron chi connectivity index (χ2n) is 8.41. The van der Waals surface area contributed by atoms with E-state index in [2.05, 4.69) is 6.58 Å². The highest BCUT2D eigenvalue weighted by atomic mass is 32.2. The van der Waals surface area contributed by atoms with Gasteiger partial charge in [0.05, 0.1) is 31.5 Å². The number of carbonyl (C=O) groups excluding carboxylic acids is 2. The SMILES string of the molecule is C=C(C)C1=C(CC(=O)OCC)CN(S(=O)(=O)c2ccc(C)cc2)CC(CCC)=C1CC(=O)OC. The molecule has 1 aromatic carbocycles. The normalized spacial score (nSPS) is 15.2. The van der Waals surface area contributed by atoms with Gasteiger partial charge in [0.1, 0.15) is 0 Å². The molecular formula is C26H35NO6S. The van der Waals surface area contributed by atoms with Crippen LogP contribution in [0.1, 0.15) is 52.0 Å². The maximum atomic E-state index is 13.7. The summed E-state index contributed by atoms with van der Waals surface area (Å²) in [7, 11) is -2.56. The van der Waals surface area contributed by atoms with E-state index in [9.17, 15) is 18.0 Å². The van der Waals surface area contributed by atoms with Crippen molar-refractivity contribution in [3.8, 4) is 0 Å². The van der Waals surface area contributed by atoms with Gasteiger partial charge in [0.25, 0.3) is 0 Å². The Hall–Kier alpha value is -2.71. The Morgan fingerprint density at radius 2 is 1.65 bits per heavy atom. The lowest BCUT2D eigenvalue weighted by Gasteiger charge is -2.23. The van der Waals surface area contributed by atoms with E-state index in [-0.39, 0.29) is 37.4 Å². The second-order valence-corrected chi connectivity index (χ2v) is 10.3. The predicted octanol–water partition coefficient (Wildman–Crippen LogP) is 4.49. The number of nitrogens with zero attached hydrogens (tertiary/aromatic N) is 1. The van der Waals surface area contributed by atoms with Gasteiger partial charge in [0.15, 0.2) is 0 Å². The standard InChI is InChI=1S/C26H35NO6S/c1-7-9-20-16-27(34(30,31)22-12-10-19(5)11-13-22)17-21(14-25(29)33-8-2)26(18(3)4)23(20)15-24(28)32-6/h10-13H,3,7-9,14-17H2,1-2,4-6H3. The molecule has 0 aromatic heterocycles. The summed E-state index contributed by atoms with van der Waals surface area (Å²) in [6.07, 6.45) is 1.23. The van der Waals surface area contributed by atoms with Crippen molar-refractivity contribution < 1.29 is 27.5 Å². The first-order valence-corrected chi connectivity index (χ1v) is 12.9. The number of hydrogen-bond acceptors (Lipinski definition) is 6. The van der Waals surface area contributed by atoms with E-state index in [4.69, 9.17) is 9.47 Å². The Kier molecular flexibility index (Phi) is 9.82. The Labute approximate surface area is 203 Å². The topological polar surface area (TPSA) is 90.0 Å². The molecule has 1 aliphatic rings. The molecule has 0 bridgehead atoms. The zero-order valence-corrected chi connectivity index (χ0v) is 21.6. The van der Waals surface area contributed by atoms with Gasteiger partial charge < -0.3 is 9.47 Å². The molecule has 0 saturated heterocycles. The van der Waals surface area contributed by atoms with Crippen LogP contribution in [-0.2, 0) is 29.1 Å². The molecule has 0 aliphatic carbocycles. The highest BCUT2D eigenvalue weighted by molar-refractivity contribution is 7.89. The van der Waals surface area contributed by atoms with Crippen LogP contribution >= 0.6 is 0 Å². The van der Waals surface area contributed by atoms with Crippen molar-refractivity contribution in [2.45, 2.75) is 58.3 Å².